The summed E-state index contributed by atoms with van der Waals surface area (Å²) < 4.78 is 0. The van der Waals surface area contributed by atoms with Crippen LogP contribution in [0.3, 0.4) is 0 Å². The Balaban J connectivity index is 0.000000173. The summed E-state index contributed by atoms with van der Waals surface area (Å²) in [6.07, 6.45) is 5.24. The third kappa shape index (κ3) is 4.16. The second-order valence-corrected chi connectivity index (χ2v) is 5.21. The molecule has 0 spiro atoms. The van der Waals surface area contributed by atoms with Crippen molar-refractivity contribution in [3.05, 3.63) is 77.4 Å². The Bertz CT molecular complexity index is 623. The van der Waals surface area contributed by atoms with Crippen molar-refractivity contribution in [2.75, 3.05) is 0 Å². The Morgan fingerprint density at radius 1 is 1.00 bits per heavy atom. The second-order valence-electron chi connectivity index (χ2n) is 5.21. The maximum Gasteiger partial charge on any atom is 0.160 e. The van der Waals surface area contributed by atoms with Gasteiger partial charge in [0.25, 0.3) is 0 Å². The summed E-state index contributed by atoms with van der Waals surface area (Å²) in [5.41, 5.74) is 4.73. The van der Waals surface area contributed by atoms with Crippen LogP contribution >= 0.6 is 0 Å². The van der Waals surface area contributed by atoms with Crippen molar-refractivity contribution in [3.63, 3.8) is 0 Å². The SMILES string of the molecule is CC(=O)C1=CCCc2ccccc21.CCc1ccccc1. The lowest BCUT2D eigenvalue weighted by Crippen LogP contribution is -2.04. The Kier molecular flexibility index (Phi) is 5.51. The Labute approximate surface area is 127 Å². The molecule has 1 heteroatoms. The standard InChI is InChI=1S/C12H12O.C8H10/c1-9(13)11-8-4-6-10-5-2-3-7-12(10)11;1-2-8-6-4-3-5-7-8/h2-3,5,7-8H,4,6H2,1H3;3-7H,2H2,1H3. The topological polar surface area (TPSA) is 17.1 Å². The van der Waals surface area contributed by atoms with Gasteiger partial charge in [-0.1, -0.05) is 67.6 Å². The van der Waals surface area contributed by atoms with Gasteiger partial charge in [-0.15, -0.1) is 0 Å². The first-order valence-electron chi connectivity index (χ1n) is 7.55. The normalized spacial score (nSPS) is 12.6. The summed E-state index contributed by atoms with van der Waals surface area (Å²) in [5.74, 6) is 0.173. The van der Waals surface area contributed by atoms with E-state index in [0.29, 0.717) is 0 Å². The van der Waals surface area contributed by atoms with Crippen molar-refractivity contribution in [2.45, 2.75) is 33.1 Å². The highest BCUT2D eigenvalue weighted by Gasteiger charge is 2.14. The molecule has 0 atom stereocenters. The molecule has 0 radical (unpaired) electrons. The van der Waals surface area contributed by atoms with Crippen LogP contribution in [0.4, 0.5) is 0 Å². The average molecular weight is 278 g/mol. The zero-order valence-corrected chi connectivity index (χ0v) is 12.8. The van der Waals surface area contributed by atoms with Crippen LogP contribution in [0.25, 0.3) is 5.57 Å². The first kappa shape index (κ1) is 15.2. The number of hydrogen-bond acceptors (Lipinski definition) is 1. The minimum atomic E-state index is 0.173. The molecule has 2 aromatic rings. The van der Waals surface area contributed by atoms with Crippen molar-refractivity contribution in [1.82, 2.24) is 0 Å². The number of carbonyl (C=O) groups excluding carboxylic acids is 1. The molecule has 0 amide bonds. The molecule has 0 saturated heterocycles. The van der Waals surface area contributed by atoms with E-state index in [2.05, 4.69) is 37.3 Å². The van der Waals surface area contributed by atoms with Crippen LogP contribution < -0.4 is 0 Å². The van der Waals surface area contributed by atoms with Crippen LogP contribution in [-0.4, -0.2) is 5.78 Å². The molecule has 0 fully saturated rings. The second kappa shape index (κ2) is 7.58. The van der Waals surface area contributed by atoms with Gasteiger partial charge in [0.2, 0.25) is 0 Å². The number of hydrogen-bond donors (Lipinski definition) is 0. The zero-order valence-electron chi connectivity index (χ0n) is 12.8. The van der Waals surface area contributed by atoms with Gasteiger partial charge in [0, 0.05) is 5.57 Å². The van der Waals surface area contributed by atoms with Gasteiger partial charge in [-0.05, 0) is 42.9 Å². The molecule has 0 aromatic heterocycles. The first-order valence-corrected chi connectivity index (χ1v) is 7.55. The van der Waals surface area contributed by atoms with Crippen LogP contribution in [0, 0.1) is 0 Å². The van der Waals surface area contributed by atoms with Gasteiger partial charge in [-0.25, -0.2) is 0 Å². The third-order valence-corrected chi connectivity index (χ3v) is 3.70. The van der Waals surface area contributed by atoms with E-state index < -0.39 is 0 Å². The quantitative estimate of drug-likeness (QED) is 0.767. The lowest BCUT2D eigenvalue weighted by molar-refractivity contribution is -0.111. The fraction of sp³-hybridized carbons (Fsp3) is 0.250. The number of carbonyl (C=O) groups is 1. The maximum atomic E-state index is 11.3. The van der Waals surface area contributed by atoms with Crippen LogP contribution in [0.1, 0.15) is 37.0 Å². The number of aryl methyl sites for hydroxylation is 2. The summed E-state index contributed by atoms with van der Waals surface area (Å²) in [6.45, 7) is 3.79. The summed E-state index contributed by atoms with van der Waals surface area (Å²) in [5, 5.41) is 0. The van der Waals surface area contributed by atoms with E-state index in [1.165, 1.54) is 11.1 Å². The number of allylic oxidation sites excluding steroid dienone is 2. The minimum Gasteiger partial charge on any atom is -0.295 e. The molecule has 0 unspecified atom stereocenters. The van der Waals surface area contributed by atoms with Crippen LogP contribution in [0.2, 0.25) is 0 Å². The molecule has 0 N–H and O–H groups in total. The predicted molar refractivity (Wildman–Crippen MR) is 89.2 cm³/mol. The molecule has 3 rings (SSSR count). The molecular weight excluding hydrogens is 256 g/mol. The van der Waals surface area contributed by atoms with E-state index in [1.807, 2.05) is 30.3 Å². The monoisotopic (exact) mass is 278 g/mol. The van der Waals surface area contributed by atoms with Crippen molar-refractivity contribution in [2.24, 2.45) is 0 Å². The van der Waals surface area contributed by atoms with E-state index in [4.69, 9.17) is 0 Å². The Hall–Kier alpha value is -2.15. The fourth-order valence-electron chi connectivity index (χ4n) is 2.53. The Morgan fingerprint density at radius 3 is 2.29 bits per heavy atom. The average Bonchev–Trinajstić information content (AvgIpc) is 2.55. The highest BCUT2D eigenvalue weighted by atomic mass is 16.1. The van der Waals surface area contributed by atoms with Gasteiger partial charge in [-0.3, -0.25) is 4.79 Å². The largest absolute Gasteiger partial charge is 0.295 e. The van der Waals surface area contributed by atoms with E-state index in [1.54, 1.807) is 6.92 Å². The van der Waals surface area contributed by atoms with Gasteiger partial charge in [0.15, 0.2) is 5.78 Å². The molecule has 1 aliphatic rings. The predicted octanol–water partition coefficient (Wildman–Crippen LogP) is 4.85. The lowest BCUT2D eigenvalue weighted by Gasteiger charge is -2.15. The van der Waals surface area contributed by atoms with Gasteiger partial charge < -0.3 is 0 Å². The number of ketones is 1. The molecule has 1 nitrogen and oxygen atoms in total. The highest BCUT2D eigenvalue weighted by Crippen LogP contribution is 2.26. The molecule has 1 aliphatic carbocycles. The molecule has 0 heterocycles. The third-order valence-electron chi connectivity index (χ3n) is 3.70. The highest BCUT2D eigenvalue weighted by molar-refractivity contribution is 6.20. The van der Waals surface area contributed by atoms with Gasteiger partial charge in [0.05, 0.1) is 0 Å². The number of rotatable bonds is 2. The molecule has 108 valence electrons. The lowest BCUT2D eigenvalue weighted by atomic mass is 9.89. The molecular formula is C20H22O. The van der Waals surface area contributed by atoms with Crippen LogP contribution in [0.15, 0.2) is 60.7 Å². The molecule has 2 aromatic carbocycles. The smallest absolute Gasteiger partial charge is 0.160 e. The minimum absolute atomic E-state index is 0.173. The molecule has 0 aliphatic heterocycles. The van der Waals surface area contributed by atoms with Gasteiger partial charge in [-0.2, -0.15) is 0 Å². The molecule has 0 saturated carbocycles. The number of benzene rings is 2. The number of Topliss-reactive ketones (excluding diaryl/α,β-unsaturated/α-hetero) is 1. The van der Waals surface area contributed by atoms with Crippen LogP contribution in [-0.2, 0) is 17.6 Å². The first-order chi connectivity index (χ1) is 10.2. The summed E-state index contributed by atoms with van der Waals surface area (Å²) in [7, 11) is 0. The van der Waals surface area contributed by atoms with E-state index in [9.17, 15) is 4.79 Å². The zero-order chi connectivity index (χ0) is 15.1. The summed E-state index contributed by atoms with van der Waals surface area (Å²) >= 11 is 0. The van der Waals surface area contributed by atoms with Crippen molar-refractivity contribution in [1.29, 1.82) is 0 Å². The molecule has 0 bridgehead atoms. The fourth-order valence-corrected chi connectivity index (χ4v) is 2.53. The number of fused-ring (bicyclic) bond motifs is 1. The summed E-state index contributed by atoms with van der Waals surface area (Å²) in [6, 6.07) is 18.6. The van der Waals surface area contributed by atoms with E-state index >= 15 is 0 Å². The summed E-state index contributed by atoms with van der Waals surface area (Å²) in [4.78, 5) is 11.3. The van der Waals surface area contributed by atoms with Crippen LogP contribution in [0.5, 0.6) is 0 Å². The van der Waals surface area contributed by atoms with Crippen molar-refractivity contribution in [3.8, 4) is 0 Å². The van der Waals surface area contributed by atoms with Gasteiger partial charge in [0.1, 0.15) is 0 Å². The van der Waals surface area contributed by atoms with Crippen molar-refractivity contribution >= 4 is 11.4 Å². The van der Waals surface area contributed by atoms with Gasteiger partial charge >= 0.3 is 0 Å². The van der Waals surface area contributed by atoms with E-state index in [0.717, 1.165) is 30.4 Å². The van der Waals surface area contributed by atoms with Crippen molar-refractivity contribution < 1.29 is 4.79 Å². The maximum absolute atomic E-state index is 11.3. The van der Waals surface area contributed by atoms with E-state index in [-0.39, 0.29) is 5.78 Å². The molecule has 21 heavy (non-hydrogen) atoms. The Morgan fingerprint density at radius 2 is 1.67 bits per heavy atom.